The van der Waals surface area contributed by atoms with Crippen molar-refractivity contribution >= 4 is 23.2 Å². The lowest BCUT2D eigenvalue weighted by Gasteiger charge is -2.53. The monoisotopic (exact) mass is 530 g/mol. The highest BCUT2D eigenvalue weighted by Crippen LogP contribution is 2.56. The van der Waals surface area contributed by atoms with E-state index in [1.165, 1.54) is 25.1 Å². The number of aromatic hydroxyl groups is 1. The summed E-state index contributed by atoms with van der Waals surface area (Å²) in [6.07, 6.45) is -2.02. The number of nitrogens with two attached hydrogens (primary N) is 1. The second kappa shape index (κ2) is 8.91. The number of hydrogen-bond acceptors (Lipinski definition) is 10. The van der Waals surface area contributed by atoms with Gasteiger partial charge < -0.3 is 36.4 Å². The molecule has 0 saturated heterocycles. The fourth-order valence-corrected chi connectivity index (χ4v) is 6.59. The van der Waals surface area contributed by atoms with Crippen LogP contribution in [0.3, 0.4) is 0 Å². The number of Topliss-reactive ketones (excluding diaryl/α,β-unsaturated/α-hetero) is 2. The molecule has 1 aromatic carbocycles. The molecular weight excluding hydrogens is 496 g/mol. The van der Waals surface area contributed by atoms with Gasteiger partial charge in [-0.15, -0.1) is 0 Å². The number of phenolic OH excluding ortho intramolecular Hbond substituents is 1. The van der Waals surface area contributed by atoms with Gasteiger partial charge in [-0.1, -0.05) is 39.3 Å². The number of aliphatic hydroxyl groups excluding tert-OH is 4. The maximum Gasteiger partial charge on any atom is 0.255 e. The van der Waals surface area contributed by atoms with Crippen LogP contribution in [-0.2, 0) is 19.8 Å². The number of benzene rings is 1. The first-order valence-corrected chi connectivity index (χ1v) is 12.4. The van der Waals surface area contributed by atoms with E-state index < -0.39 is 81.2 Å². The van der Waals surface area contributed by atoms with Crippen molar-refractivity contribution in [2.45, 2.75) is 62.9 Å². The minimum absolute atomic E-state index is 0.0446. The Kier molecular flexibility index (Phi) is 6.51. The first-order chi connectivity index (χ1) is 17.5. The van der Waals surface area contributed by atoms with Gasteiger partial charge in [0, 0.05) is 17.1 Å². The van der Waals surface area contributed by atoms with Crippen LogP contribution in [0.5, 0.6) is 5.75 Å². The number of phenols is 1. The van der Waals surface area contributed by atoms with E-state index in [0.717, 1.165) is 6.42 Å². The molecule has 6 atom stereocenters. The van der Waals surface area contributed by atoms with Crippen molar-refractivity contribution in [2.24, 2.45) is 17.6 Å². The maximum atomic E-state index is 13.9. The molecule has 0 bridgehead atoms. The molecule has 0 spiro atoms. The fraction of sp³-hybridized carbons (Fsp3) is 0.519. The summed E-state index contributed by atoms with van der Waals surface area (Å²) in [6, 6.07) is 1.62. The van der Waals surface area contributed by atoms with E-state index in [2.05, 4.69) is 0 Å². The third-order valence-corrected chi connectivity index (χ3v) is 8.36. The molecule has 0 heterocycles. The fourth-order valence-electron chi connectivity index (χ4n) is 6.59. The highest BCUT2D eigenvalue weighted by atomic mass is 16.4. The Labute approximate surface area is 219 Å². The van der Waals surface area contributed by atoms with E-state index in [1.807, 2.05) is 20.8 Å². The van der Waals surface area contributed by atoms with Crippen molar-refractivity contribution < 1.29 is 45.0 Å². The summed E-state index contributed by atoms with van der Waals surface area (Å²) in [5.74, 6) is -9.46. The smallest absolute Gasteiger partial charge is 0.255 e. The van der Waals surface area contributed by atoms with Crippen molar-refractivity contribution in [2.75, 3.05) is 14.1 Å². The first-order valence-electron chi connectivity index (χ1n) is 12.4. The molecule has 1 amide bonds. The van der Waals surface area contributed by atoms with Crippen LogP contribution in [0, 0.1) is 11.8 Å². The van der Waals surface area contributed by atoms with Gasteiger partial charge in [0.1, 0.15) is 22.8 Å². The standard InChI is InChI=1S/C27H34N2O9/c1-6-9-26(2,3)11-8-7-10-12(19(11)31)20(32)14-13(18(10)30)21(33)16-17(29(4)5)22(34)15(25(28)37)24(36)27(16,38)23(14)35/h7-8,13,16-18,21,30-33,36,38H,6,9H2,1-5H3,(H2,28,37). The summed E-state index contributed by atoms with van der Waals surface area (Å²) in [4.78, 5) is 40.4. The van der Waals surface area contributed by atoms with Crippen LogP contribution >= 0.6 is 0 Å². The van der Waals surface area contributed by atoms with Crippen molar-refractivity contribution in [1.82, 2.24) is 4.90 Å². The molecule has 1 saturated carbocycles. The number of likely N-dealkylation sites (N-methyl/N-ethyl adjacent to an activating group) is 1. The van der Waals surface area contributed by atoms with E-state index in [4.69, 9.17) is 5.73 Å². The summed E-state index contributed by atoms with van der Waals surface area (Å²) in [7, 11) is 2.82. The molecule has 0 aliphatic heterocycles. The SMILES string of the molecule is CCCC(C)(C)c1ccc2c(c1O)C(O)=C1C(=O)C3(O)C(O)=C(C(N)=O)C(=O)C(N(C)C)C3C(O)C1C2O. The predicted octanol–water partition coefficient (Wildman–Crippen LogP) is 0.503. The van der Waals surface area contributed by atoms with Gasteiger partial charge in [0.2, 0.25) is 5.78 Å². The Morgan fingerprint density at radius 1 is 1.13 bits per heavy atom. The number of hydrogen-bond donors (Lipinski definition) is 7. The highest BCUT2D eigenvalue weighted by molar-refractivity contribution is 6.24. The molecule has 206 valence electrons. The van der Waals surface area contributed by atoms with Gasteiger partial charge in [0.15, 0.2) is 11.4 Å². The summed E-state index contributed by atoms with van der Waals surface area (Å²) >= 11 is 0. The Bertz CT molecular complexity index is 1310. The number of carbonyl (C=O) groups is 3. The normalized spacial score (nSPS) is 31.3. The number of fused-ring (bicyclic) bond motifs is 3. The number of aliphatic hydroxyl groups is 5. The number of rotatable bonds is 5. The molecule has 11 nitrogen and oxygen atoms in total. The van der Waals surface area contributed by atoms with Gasteiger partial charge in [-0.05, 0) is 31.5 Å². The van der Waals surface area contributed by atoms with E-state index in [1.54, 1.807) is 6.07 Å². The number of nitrogens with zero attached hydrogens (tertiary/aromatic N) is 1. The highest BCUT2D eigenvalue weighted by Gasteiger charge is 2.68. The lowest BCUT2D eigenvalue weighted by atomic mass is 9.55. The minimum Gasteiger partial charge on any atom is -0.508 e. The largest absolute Gasteiger partial charge is 0.508 e. The molecule has 3 aliphatic carbocycles. The summed E-state index contributed by atoms with van der Waals surface area (Å²) in [5.41, 5.74) is 0.357. The molecule has 8 N–H and O–H groups in total. The quantitative estimate of drug-likeness (QED) is 0.263. The summed E-state index contributed by atoms with van der Waals surface area (Å²) in [6.45, 7) is 5.75. The molecule has 38 heavy (non-hydrogen) atoms. The lowest BCUT2D eigenvalue weighted by molar-refractivity contribution is -0.174. The Hall–Kier alpha value is -3.25. The van der Waals surface area contributed by atoms with Crippen molar-refractivity contribution in [3.05, 3.63) is 45.7 Å². The Balaban J connectivity index is 2.03. The molecule has 1 fully saturated rings. The molecule has 0 radical (unpaired) electrons. The van der Waals surface area contributed by atoms with Crippen molar-refractivity contribution in [3.8, 4) is 5.75 Å². The zero-order chi connectivity index (χ0) is 28.6. The van der Waals surface area contributed by atoms with Gasteiger partial charge in [-0.3, -0.25) is 19.3 Å². The van der Waals surface area contributed by atoms with Crippen LogP contribution in [0.15, 0.2) is 29.0 Å². The third-order valence-electron chi connectivity index (χ3n) is 8.36. The van der Waals surface area contributed by atoms with Crippen molar-refractivity contribution in [3.63, 3.8) is 0 Å². The predicted molar refractivity (Wildman–Crippen MR) is 135 cm³/mol. The first kappa shape index (κ1) is 27.8. The van der Waals surface area contributed by atoms with Gasteiger partial charge in [0.05, 0.1) is 29.7 Å². The maximum absolute atomic E-state index is 13.9. The van der Waals surface area contributed by atoms with E-state index in [0.29, 0.717) is 12.0 Å². The van der Waals surface area contributed by atoms with Gasteiger partial charge >= 0.3 is 0 Å². The molecule has 3 aliphatic rings. The van der Waals surface area contributed by atoms with E-state index in [9.17, 15) is 45.0 Å². The number of ketones is 2. The number of primary amides is 1. The second-order valence-electron chi connectivity index (χ2n) is 11.3. The average Bonchev–Trinajstić information content (AvgIpc) is 2.80. The Morgan fingerprint density at radius 2 is 1.74 bits per heavy atom. The van der Waals surface area contributed by atoms with Gasteiger partial charge in [0.25, 0.3) is 5.91 Å². The second-order valence-corrected chi connectivity index (χ2v) is 11.3. The molecular formula is C27H34N2O9. The van der Waals surface area contributed by atoms with Crippen LogP contribution < -0.4 is 5.73 Å². The average molecular weight is 531 g/mol. The van der Waals surface area contributed by atoms with E-state index in [-0.39, 0.29) is 16.9 Å². The van der Waals surface area contributed by atoms with Crippen LogP contribution in [0.25, 0.3) is 5.76 Å². The number of carbonyl (C=O) groups excluding carboxylic acids is 3. The van der Waals surface area contributed by atoms with Crippen LogP contribution in [0.1, 0.15) is 56.4 Å². The zero-order valence-electron chi connectivity index (χ0n) is 21.9. The zero-order valence-corrected chi connectivity index (χ0v) is 21.9. The molecule has 11 heteroatoms. The molecule has 0 aromatic heterocycles. The third kappa shape index (κ3) is 3.46. The molecule has 4 rings (SSSR count). The minimum atomic E-state index is -3.03. The molecule has 1 aromatic rings. The topological polar surface area (TPSA) is 202 Å². The van der Waals surface area contributed by atoms with Crippen LogP contribution in [-0.4, -0.2) is 84.9 Å². The van der Waals surface area contributed by atoms with Gasteiger partial charge in [-0.2, -0.15) is 0 Å². The van der Waals surface area contributed by atoms with Gasteiger partial charge in [-0.25, -0.2) is 0 Å². The number of amides is 1. The van der Waals surface area contributed by atoms with Crippen LogP contribution in [0.4, 0.5) is 0 Å². The summed E-state index contributed by atoms with van der Waals surface area (Å²) < 4.78 is 0. The van der Waals surface area contributed by atoms with Crippen LogP contribution in [0.2, 0.25) is 0 Å². The molecule has 6 unspecified atom stereocenters. The summed E-state index contributed by atoms with van der Waals surface area (Å²) in [5, 5.41) is 68.0. The lowest BCUT2D eigenvalue weighted by Crippen LogP contribution is -2.70. The van der Waals surface area contributed by atoms with E-state index >= 15 is 0 Å². The Morgan fingerprint density at radius 3 is 2.26 bits per heavy atom. The van der Waals surface area contributed by atoms with Crippen molar-refractivity contribution in [1.29, 1.82) is 0 Å².